The van der Waals surface area contributed by atoms with Crippen molar-refractivity contribution >= 4 is 6.08 Å². The van der Waals surface area contributed by atoms with Crippen LogP contribution in [-0.2, 0) is 0 Å². The molecule has 0 aliphatic heterocycles. The summed E-state index contributed by atoms with van der Waals surface area (Å²) >= 11 is 0. The highest BCUT2D eigenvalue weighted by Crippen LogP contribution is 2.17. The Hall–Kier alpha value is -1.28. The maximum Gasteiger partial charge on any atom is 0.119 e. The SMILES string of the molecule is CCOc1ccc(C=C(CNC(C)C)C(C)C)cc1. The molecule has 106 valence electrons. The molecule has 0 bridgehead atoms. The van der Waals surface area contributed by atoms with Crippen LogP contribution in [0.4, 0.5) is 0 Å². The van der Waals surface area contributed by atoms with E-state index in [9.17, 15) is 0 Å². The standard InChI is InChI=1S/C17H27NO/c1-6-19-17-9-7-15(8-10-17)11-16(13(2)3)12-18-14(4)5/h7-11,13-14,18H,6,12H2,1-5H3. The number of hydrogen-bond acceptors (Lipinski definition) is 2. The molecule has 1 rings (SSSR count). The second kappa shape index (κ2) is 8.00. The molecule has 0 atom stereocenters. The Morgan fingerprint density at radius 2 is 1.79 bits per heavy atom. The van der Waals surface area contributed by atoms with Crippen LogP contribution < -0.4 is 10.1 Å². The molecule has 2 heteroatoms. The fourth-order valence-electron chi connectivity index (χ4n) is 1.78. The van der Waals surface area contributed by atoms with Gasteiger partial charge in [-0.2, -0.15) is 0 Å². The second-order valence-electron chi connectivity index (χ2n) is 5.41. The molecule has 0 spiro atoms. The summed E-state index contributed by atoms with van der Waals surface area (Å²) in [7, 11) is 0. The lowest BCUT2D eigenvalue weighted by atomic mass is 10.00. The van der Waals surface area contributed by atoms with E-state index in [1.807, 2.05) is 19.1 Å². The summed E-state index contributed by atoms with van der Waals surface area (Å²) < 4.78 is 5.46. The van der Waals surface area contributed by atoms with E-state index in [0.717, 1.165) is 12.3 Å². The quantitative estimate of drug-likeness (QED) is 0.797. The molecule has 0 amide bonds. The summed E-state index contributed by atoms with van der Waals surface area (Å²) in [5.41, 5.74) is 2.66. The zero-order chi connectivity index (χ0) is 14.3. The maximum atomic E-state index is 5.46. The second-order valence-corrected chi connectivity index (χ2v) is 5.41. The van der Waals surface area contributed by atoms with Crippen molar-refractivity contribution in [2.75, 3.05) is 13.2 Å². The van der Waals surface area contributed by atoms with E-state index >= 15 is 0 Å². The van der Waals surface area contributed by atoms with Crippen LogP contribution in [0.5, 0.6) is 5.75 Å². The van der Waals surface area contributed by atoms with Crippen LogP contribution in [0.1, 0.15) is 40.2 Å². The molecule has 1 N–H and O–H groups in total. The first-order valence-electron chi connectivity index (χ1n) is 7.19. The molecule has 0 aliphatic carbocycles. The molecule has 0 radical (unpaired) electrons. The number of nitrogens with one attached hydrogen (secondary N) is 1. The monoisotopic (exact) mass is 261 g/mol. The zero-order valence-corrected chi connectivity index (χ0v) is 12.9. The molecular formula is C17H27NO. The van der Waals surface area contributed by atoms with Gasteiger partial charge in [-0.3, -0.25) is 0 Å². The van der Waals surface area contributed by atoms with Crippen molar-refractivity contribution in [3.63, 3.8) is 0 Å². The summed E-state index contributed by atoms with van der Waals surface area (Å²) in [5, 5.41) is 3.49. The van der Waals surface area contributed by atoms with E-state index in [1.165, 1.54) is 11.1 Å². The van der Waals surface area contributed by atoms with Gasteiger partial charge in [-0.25, -0.2) is 0 Å². The largest absolute Gasteiger partial charge is 0.494 e. The highest BCUT2D eigenvalue weighted by molar-refractivity contribution is 5.54. The lowest BCUT2D eigenvalue weighted by molar-refractivity contribution is 0.340. The van der Waals surface area contributed by atoms with Crippen LogP contribution in [-0.4, -0.2) is 19.2 Å². The Kier molecular flexibility index (Phi) is 6.65. The van der Waals surface area contributed by atoms with Gasteiger partial charge in [-0.15, -0.1) is 0 Å². The third-order valence-corrected chi connectivity index (χ3v) is 3.00. The first-order valence-corrected chi connectivity index (χ1v) is 7.19. The van der Waals surface area contributed by atoms with Gasteiger partial charge < -0.3 is 10.1 Å². The van der Waals surface area contributed by atoms with Crippen LogP contribution in [0, 0.1) is 5.92 Å². The van der Waals surface area contributed by atoms with E-state index in [-0.39, 0.29) is 0 Å². The number of hydrogen-bond donors (Lipinski definition) is 1. The van der Waals surface area contributed by atoms with Gasteiger partial charge in [0.15, 0.2) is 0 Å². The van der Waals surface area contributed by atoms with Crippen molar-refractivity contribution in [2.24, 2.45) is 5.92 Å². The molecule has 0 fully saturated rings. The van der Waals surface area contributed by atoms with Gasteiger partial charge in [0.25, 0.3) is 0 Å². The van der Waals surface area contributed by atoms with Crippen LogP contribution in [0.15, 0.2) is 29.8 Å². The highest BCUT2D eigenvalue weighted by atomic mass is 16.5. The summed E-state index contributed by atoms with van der Waals surface area (Å²) in [6, 6.07) is 8.81. The van der Waals surface area contributed by atoms with Crippen LogP contribution >= 0.6 is 0 Å². The van der Waals surface area contributed by atoms with E-state index in [2.05, 4.69) is 51.2 Å². The Labute approximate surface area is 117 Å². The van der Waals surface area contributed by atoms with Gasteiger partial charge in [-0.1, -0.05) is 51.5 Å². The minimum Gasteiger partial charge on any atom is -0.494 e. The summed E-state index contributed by atoms with van der Waals surface area (Å²) in [6.45, 7) is 12.5. The van der Waals surface area contributed by atoms with Gasteiger partial charge in [0.2, 0.25) is 0 Å². The molecule has 0 unspecified atom stereocenters. The van der Waals surface area contributed by atoms with Crippen molar-refractivity contribution in [1.82, 2.24) is 5.32 Å². The first-order chi connectivity index (χ1) is 9.02. The molecule has 0 saturated heterocycles. The van der Waals surface area contributed by atoms with Crippen LogP contribution in [0.25, 0.3) is 6.08 Å². The molecule has 0 saturated carbocycles. The Balaban J connectivity index is 2.77. The fraction of sp³-hybridized carbons (Fsp3) is 0.529. The van der Waals surface area contributed by atoms with Crippen molar-refractivity contribution in [1.29, 1.82) is 0 Å². The number of rotatable bonds is 7. The molecule has 0 heterocycles. The van der Waals surface area contributed by atoms with Gasteiger partial charge in [0.05, 0.1) is 6.61 Å². The average Bonchev–Trinajstić information content (AvgIpc) is 2.36. The van der Waals surface area contributed by atoms with Crippen LogP contribution in [0.2, 0.25) is 0 Å². The average molecular weight is 261 g/mol. The third-order valence-electron chi connectivity index (χ3n) is 3.00. The van der Waals surface area contributed by atoms with Crippen molar-refractivity contribution in [3.8, 4) is 5.75 Å². The van der Waals surface area contributed by atoms with Gasteiger partial charge in [-0.05, 0) is 30.5 Å². The Morgan fingerprint density at radius 1 is 1.16 bits per heavy atom. The minimum absolute atomic E-state index is 0.516. The smallest absolute Gasteiger partial charge is 0.119 e. The molecule has 0 aromatic heterocycles. The van der Waals surface area contributed by atoms with Crippen molar-refractivity contribution < 1.29 is 4.74 Å². The van der Waals surface area contributed by atoms with E-state index in [4.69, 9.17) is 4.74 Å². The van der Waals surface area contributed by atoms with E-state index in [1.54, 1.807) is 0 Å². The number of ether oxygens (including phenoxy) is 1. The highest BCUT2D eigenvalue weighted by Gasteiger charge is 2.04. The number of benzene rings is 1. The molecule has 2 nitrogen and oxygen atoms in total. The predicted molar refractivity (Wildman–Crippen MR) is 83.6 cm³/mol. The summed E-state index contributed by atoms with van der Waals surface area (Å²) in [6.07, 6.45) is 2.27. The predicted octanol–water partition coefficient (Wildman–Crippen LogP) is 4.12. The Bertz CT molecular complexity index is 390. The lowest BCUT2D eigenvalue weighted by Gasteiger charge is -2.15. The lowest BCUT2D eigenvalue weighted by Crippen LogP contribution is -2.26. The zero-order valence-electron chi connectivity index (χ0n) is 12.9. The summed E-state index contributed by atoms with van der Waals surface area (Å²) in [5.74, 6) is 1.49. The first kappa shape index (κ1) is 15.8. The fourth-order valence-corrected chi connectivity index (χ4v) is 1.78. The molecule has 0 aliphatic rings. The topological polar surface area (TPSA) is 21.3 Å². The van der Waals surface area contributed by atoms with Gasteiger partial charge >= 0.3 is 0 Å². The van der Waals surface area contributed by atoms with Gasteiger partial charge in [0, 0.05) is 12.6 Å². The van der Waals surface area contributed by atoms with E-state index in [0.29, 0.717) is 18.6 Å². The molecule has 19 heavy (non-hydrogen) atoms. The van der Waals surface area contributed by atoms with E-state index < -0.39 is 0 Å². The maximum absolute atomic E-state index is 5.46. The van der Waals surface area contributed by atoms with Crippen molar-refractivity contribution in [3.05, 3.63) is 35.4 Å². The van der Waals surface area contributed by atoms with Crippen molar-refractivity contribution in [2.45, 2.75) is 40.7 Å². The summed E-state index contributed by atoms with van der Waals surface area (Å²) in [4.78, 5) is 0. The molecule has 1 aromatic carbocycles. The third kappa shape index (κ3) is 5.93. The molecule has 1 aromatic rings. The minimum atomic E-state index is 0.516. The Morgan fingerprint density at radius 3 is 2.26 bits per heavy atom. The van der Waals surface area contributed by atoms with Crippen LogP contribution in [0.3, 0.4) is 0 Å². The normalized spacial score (nSPS) is 12.3. The molecular weight excluding hydrogens is 234 g/mol. The van der Waals surface area contributed by atoms with Gasteiger partial charge in [0.1, 0.15) is 5.75 Å².